The fourth-order valence-corrected chi connectivity index (χ4v) is 6.09. The monoisotopic (exact) mass is 579 g/mol. The van der Waals surface area contributed by atoms with Gasteiger partial charge in [0.05, 0.1) is 13.2 Å². The van der Waals surface area contributed by atoms with Crippen molar-refractivity contribution in [1.82, 2.24) is 15.1 Å². The molecule has 0 aromatic heterocycles. The number of fused-ring (bicyclic) bond motifs is 1. The van der Waals surface area contributed by atoms with Crippen LogP contribution in [0.3, 0.4) is 0 Å². The molecule has 5 atom stereocenters. The molecule has 1 amide bonds. The van der Waals surface area contributed by atoms with Gasteiger partial charge in [-0.15, -0.1) is 24.8 Å². The Balaban J connectivity index is 0.00000267. The molecule has 0 saturated carbocycles. The van der Waals surface area contributed by atoms with Crippen molar-refractivity contribution >= 4 is 30.7 Å². The first-order valence-electron chi connectivity index (χ1n) is 13.8. The standard InChI is InChI=1S/C31H45N3O3.2ClH/c1-7-21(2)28(32-30(36)29-16-23-11-12-26(35)15-24(23)19-33(29)5)20-34-14-13-31(4,22(3)18-34)25-9-8-10-27(17-25)37-6;;/h8-12,15,17,21-22,28-29,35H,7,13-14,16,18-20H2,1-6H3,(H,32,36);2*1H/t21-,22-,28+,29+,31+;;/m0../s1. The number of ether oxygens (including phenoxy) is 1. The quantitative estimate of drug-likeness (QED) is 0.436. The van der Waals surface area contributed by atoms with E-state index in [0.29, 0.717) is 24.8 Å². The molecule has 0 unspecified atom stereocenters. The summed E-state index contributed by atoms with van der Waals surface area (Å²) in [7, 11) is 3.73. The predicted octanol–water partition coefficient (Wildman–Crippen LogP) is 5.43. The summed E-state index contributed by atoms with van der Waals surface area (Å²) < 4.78 is 5.49. The number of nitrogens with zero attached hydrogens (tertiary/aromatic N) is 2. The number of hydrogen-bond donors (Lipinski definition) is 2. The van der Waals surface area contributed by atoms with Crippen LogP contribution in [0.15, 0.2) is 42.5 Å². The maximum absolute atomic E-state index is 13.5. The number of methoxy groups -OCH3 is 1. The van der Waals surface area contributed by atoms with Crippen molar-refractivity contribution in [2.24, 2.45) is 11.8 Å². The van der Waals surface area contributed by atoms with Gasteiger partial charge in [-0.3, -0.25) is 9.69 Å². The van der Waals surface area contributed by atoms with Crippen molar-refractivity contribution in [3.63, 3.8) is 0 Å². The van der Waals surface area contributed by atoms with Crippen LogP contribution < -0.4 is 10.1 Å². The summed E-state index contributed by atoms with van der Waals surface area (Å²) in [6.07, 6.45) is 2.78. The van der Waals surface area contributed by atoms with Gasteiger partial charge in [0.1, 0.15) is 11.5 Å². The zero-order chi connectivity index (χ0) is 26.7. The molecule has 4 rings (SSSR count). The van der Waals surface area contributed by atoms with E-state index >= 15 is 0 Å². The van der Waals surface area contributed by atoms with E-state index in [1.165, 1.54) is 5.56 Å². The Kier molecular flexibility index (Phi) is 12.0. The molecule has 2 aromatic rings. The summed E-state index contributed by atoms with van der Waals surface area (Å²) in [6.45, 7) is 12.8. The van der Waals surface area contributed by atoms with E-state index in [1.54, 1.807) is 13.2 Å². The Hall–Kier alpha value is -1.99. The summed E-state index contributed by atoms with van der Waals surface area (Å²) >= 11 is 0. The summed E-state index contributed by atoms with van der Waals surface area (Å²) in [5, 5.41) is 13.3. The third-order valence-corrected chi connectivity index (χ3v) is 9.27. The van der Waals surface area contributed by atoms with E-state index < -0.39 is 0 Å². The first-order chi connectivity index (χ1) is 17.6. The van der Waals surface area contributed by atoms with Gasteiger partial charge in [-0.25, -0.2) is 0 Å². The van der Waals surface area contributed by atoms with Gasteiger partial charge in [-0.05, 0) is 84.6 Å². The fraction of sp³-hybridized carbons (Fsp3) is 0.581. The topological polar surface area (TPSA) is 65.0 Å². The molecule has 2 N–H and O–H groups in total. The van der Waals surface area contributed by atoms with Gasteiger partial charge in [0, 0.05) is 25.7 Å². The van der Waals surface area contributed by atoms with E-state index in [4.69, 9.17) is 4.74 Å². The number of carbonyl (C=O) groups excluding carboxylic acids is 1. The average molecular weight is 581 g/mol. The first-order valence-corrected chi connectivity index (χ1v) is 13.8. The lowest BCUT2D eigenvalue weighted by molar-refractivity contribution is -0.127. The third kappa shape index (κ3) is 7.40. The van der Waals surface area contributed by atoms with Crippen LogP contribution in [0.5, 0.6) is 11.5 Å². The van der Waals surface area contributed by atoms with Crippen LogP contribution in [0.4, 0.5) is 0 Å². The molecule has 2 aliphatic heterocycles. The molecule has 2 aliphatic rings. The van der Waals surface area contributed by atoms with Gasteiger partial charge in [-0.1, -0.05) is 52.3 Å². The lowest BCUT2D eigenvalue weighted by Crippen LogP contribution is -2.56. The highest BCUT2D eigenvalue weighted by Crippen LogP contribution is 2.40. The molecule has 1 fully saturated rings. The molecule has 8 heteroatoms. The Labute approximate surface area is 247 Å². The van der Waals surface area contributed by atoms with Crippen LogP contribution in [0, 0.1) is 11.8 Å². The summed E-state index contributed by atoms with van der Waals surface area (Å²) in [5.41, 5.74) is 3.70. The lowest BCUT2D eigenvalue weighted by Gasteiger charge is -2.46. The van der Waals surface area contributed by atoms with Crippen LogP contribution in [0.25, 0.3) is 0 Å². The molecule has 0 spiro atoms. The van der Waals surface area contributed by atoms with Crippen molar-refractivity contribution in [3.8, 4) is 11.5 Å². The number of aromatic hydroxyl groups is 1. The van der Waals surface area contributed by atoms with Crippen LogP contribution in [0.1, 0.15) is 57.2 Å². The van der Waals surface area contributed by atoms with Crippen LogP contribution in [-0.2, 0) is 23.2 Å². The number of halogens is 2. The van der Waals surface area contributed by atoms with Crippen LogP contribution in [-0.4, -0.2) is 66.7 Å². The highest BCUT2D eigenvalue weighted by Gasteiger charge is 2.39. The highest BCUT2D eigenvalue weighted by molar-refractivity contribution is 5.85. The van der Waals surface area contributed by atoms with E-state index in [0.717, 1.165) is 49.4 Å². The molecule has 2 heterocycles. The molecule has 0 aliphatic carbocycles. The lowest BCUT2D eigenvalue weighted by atomic mass is 9.68. The minimum atomic E-state index is -0.194. The van der Waals surface area contributed by atoms with Gasteiger partial charge < -0.3 is 20.1 Å². The second-order valence-corrected chi connectivity index (χ2v) is 11.6. The number of benzene rings is 2. The number of nitrogens with one attached hydrogen (secondary N) is 1. The summed E-state index contributed by atoms with van der Waals surface area (Å²) in [4.78, 5) is 18.2. The Bertz CT molecular complexity index is 1100. The smallest absolute Gasteiger partial charge is 0.237 e. The number of hydrogen-bond acceptors (Lipinski definition) is 5. The normalized spacial score (nSPS) is 24.9. The fourth-order valence-electron chi connectivity index (χ4n) is 6.09. The number of likely N-dealkylation sites (tertiary alicyclic amines) is 1. The van der Waals surface area contributed by atoms with Gasteiger partial charge in [-0.2, -0.15) is 0 Å². The summed E-state index contributed by atoms with van der Waals surface area (Å²) in [6, 6.07) is 13.9. The minimum absolute atomic E-state index is 0. The van der Waals surface area contributed by atoms with E-state index in [-0.39, 0.29) is 54.0 Å². The zero-order valence-corrected chi connectivity index (χ0v) is 25.9. The van der Waals surface area contributed by atoms with Crippen LogP contribution >= 0.6 is 24.8 Å². The van der Waals surface area contributed by atoms with Gasteiger partial charge in [0.25, 0.3) is 0 Å². The second kappa shape index (κ2) is 14.1. The maximum Gasteiger partial charge on any atom is 0.237 e. The Morgan fingerprint density at radius 1 is 1.21 bits per heavy atom. The Morgan fingerprint density at radius 3 is 2.62 bits per heavy atom. The Morgan fingerprint density at radius 2 is 1.95 bits per heavy atom. The number of phenols is 1. The molecular weight excluding hydrogens is 533 g/mol. The average Bonchev–Trinajstić information content (AvgIpc) is 2.89. The molecule has 218 valence electrons. The molecule has 1 saturated heterocycles. The number of likely N-dealkylation sites (N-methyl/N-ethyl adjacent to an activating group) is 1. The molecule has 6 nitrogen and oxygen atoms in total. The minimum Gasteiger partial charge on any atom is -0.508 e. The largest absolute Gasteiger partial charge is 0.508 e. The zero-order valence-electron chi connectivity index (χ0n) is 24.3. The third-order valence-electron chi connectivity index (χ3n) is 9.27. The number of rotatable bonds is 8. The van der Waals surface area contributed by atoms with E-state index in [9.17, 15) is 9.90 Å². The highest BCUT2D eigenvalue weighted by atomic mass is 35.5. The van der Waals surface area contributed by atoms with Crippen molar-refractivity contribution in [1.29, 1.82) is 0 Å². The van der Waals surface area contributed by atoms with Crippen molar-refractivity contribution in [3.05, 3.63) is 59.2 Å². The molecule has 0 radical (unpaired) electrons. The summed E-state index contributed by atoms with van der Waals surface area (Å²) in [5.74, 6) is 2.19. The molecule has 0 bridgehead atoms. The number of phenolic OH excluding ortho intramolecular Hbond substituents is 1. The maximum atomic E-state index is 13.5. The van der Waals surface area contributed by atoms with Crippen LogP contribution in [0.2, 0.25) is 0 Å². The predicted molar refractivity (Wildman–Crippen MR) is 164 cm³/mol. The second-order valence-electron chi connectivity index (χ2n) is 11.6. The van der Waals surface area contributed by atoms with Crippen molar-refractivity contribution in [2.45, 2.75) is 71.0 Å². The number of amides is 1. The van der Waals surface area contributed by atoms with Gasteiger partial charge in [0.2, 0.25) is 5.91 Å². The molecular formula is C31H47Cl2N3O3. The first kappa shape index (κ1) is 33.2. The van der Waals surface area contributed by atoms with Gasteiger partial charge in [0.15, 0.2) is 0 Å². The SMILES string of the molecule is CC[C@H](C)[C@@H](CN1CC[C@@](C)(c2cccc(OC)c2)[C@@H](C)C1)NC(=O)[C@H]1Cc2ccc(O)cc2CN1C.Cl.Cl. The number of piperidine rings is 1. The van der Waals surface area contributed by atoms with Gasteiger partial charge >= 0.3 is 0 Å². The number of carbonyl (C=O) groups is 1. The molecule has 39 heavy (non-hydrogen) atoms. The van der Waals surface area contributed by atoms with E-state index in [2.05, 4.69) is 61.0 Å². The van der Waals surface area contributed by atoms with Crippen molar-refractivity contribution in [2.75, 3.05) is 33.8 Å². The van der Waals surface area contributed by atoms with E-state index in [1.807, 2.05) is 25.2 Å². The van der Waals surface area contributed by atoms with Crippen molar-refractivity contribution < 1.29 is 14.6 Å². The molecule has 2 aromatic carbocycles.